The van der Waals surface area contributed by atoms with Crippen LogP contribution in [0.4, 0.5) is 14.5 Å². The van der Waals surface area contributed by atoms with Crippen LogP contribution in [-0.2, 0) is 0 Å². The molecule has 0 aliphatic carbocycles. The van der Waals surface area contributed by atoms with Crippen molar-refractivity contribution in [3.05, 3.63) is 107 Å². The van der Waals surface area contributed by atoms with Crippen molar-refractivity contribution in [1.82, 2.24) is 0 Å². The van der Waals surface area contributed by atoms with Gasteiger partial charge in [-0.15, -0.1) is 0 Å². The van der Waals surface area contributed by atoms with E-state index in [1.165, 1.54) is 17.3 Å². The van der Waals surface area contributed by atoms with E-state index < -0.39 is 11.6 Å². The predicted octanol–water partition coefficient (Wildman–Crippen LogP) is 6.70. The average molecular weight is 365 g/mol. The van der Waals surface area contributed by atoms with Crippen molar-refractivity contribution in [2.45, 2.75) is 11.8 Å². The van der Waals surface area contributed by atoms with E-state index in [9.17, 15) is 8.78 Å². The van der Waals surface area contributed by atoms with Crippen molar-refractivity contribution >= 4 is 23.2 Å². The molecule has 0 saturated carbocycles. The Kier molecular flexibility index (Phi) is 5.97. The molecule has 0 radical (unpaired) electrons. The molecule has 0 N–H and O–H groups in total. The Bertz CT molecular complexity index is 932. The standard InChI is InChI=1S/C22H17F2NS/c1-16-7-10-19(11-8-16)26-14-13-22(25-18-5-3-2-4-6-18)20-15-17(23)9-12-21(20)24/h2-15H,1H3/b14-13+,25-22-. The molecule has 1 nitrogen and oxygen atoms in total. The van der Waals surface area contributed by atoms with Gasteiger partial charge in [0.1, 0.15) is 11.6 Å². The minimum Gasteiger partial charge on any atom is -0.248 e. The Morgan fingerprint density at radius 3 is 2.38 bits per heavy atom. The molecule has 3 aromatic carbocycles. The Hall–Kier alpha value is -2.72. The fourth-order valence-corrected chi connectivity index (χ4v) is 2.96. The smallest absolute Gasteiger partial charge is 0.132 e. The molecule has 0 saturated heterocycles. The first kappa shape index (κ1) is 18.1. The number of hydrogen-bond acceptors (Lipinski definition) is 2. The molecule has 0 aliphatic rings. The van der Waals surface area contributed by atoms with Gasteiger partial charge in [-0.3, -0.25) is 0 Å². The second kappa shape index (κ2) is 8.59. The number of allylic oxidation sites excluding steroid dienone is 1. The summed E-state index contributed by atoms with van der Waals surface area (Å²) in [5.74, 6) is -1.01. The molecular formula is C22H17F2NS. The summed E-state index contributed by atoms with van der Waals surface area (Å²) in [5, 5.41) is 1.83. The van der Waals surface area contributed by atoms with Gasteiger partial charge >= 0.3 is 0 Å². The lowest BCUT2D eigenvalue weighted by atomic mass is 10.1. The molecule has 26 heavy (non-hydrogen) atoms. The van der Waals surface area contributed by atoms with Crippen molar-refractivity contribution < 1.29 is 8.78 Å². The van der Waals surface area contributed by atoms with Crippen molar-refractivity contribution in [2.75, 3.05) is 0 Å². The van der Waals surface area contributed by atoms with E-state index in [4.69, 9.17) is 0 Å². The summed E-state index contributed by atoms with van der Waals surface area (Å²) in [6, 6.07) is 20.7. The molecule has 0 fully saturated rings. The molecular weight excluding hydrogens is 348 g/mol. The number of para-hydroxylation sites is 1. The molecule has 0 unspecified atom stereocenters. The van der Waals surface area contributed by atoms with Crippen LogP contribution < -0.4 is 0 Å². The van der Waals surface area contributed by atoms with Gasteiger partial charge in [-0.1, -0.05) is 47.7 Å². The van der Waals surface area contributed by atoms with Crippen LogP contribution in [0.25, 0.3) is 0 Å². The molecule has 130 valence electrons. The van der Waals surface area contributed by atoms with Gasteiger partial charge in [0.25, 0.3) is 0 Å². The molecule has 0 amide bonds. The van der Waals surface area contributed by atoms with E-state index in [-0.39, 0.29) is 5.56 Å². The van der Waals surface area contributed by atoms with Crippen LogP contribution in [0.5, 0.6) is 0 Å². The number of nitrogens with zero attached hydrogens (tertiary/aromatic N) is 1. The van der Waals surface area contributed by atoms with Gasteiger partial charge in [0.2, 0.25) is 0 Å². The van der Waals surface area contributed by atoms with Crippen LogP contribution in [0.3, 0.4) is 0 Å². The van der Waals surface area contributed by atoms with Crippen molar-refractivity contribution in [3.63, 3.8) is 0 Å². The van der Waals surface area contributed by atoms with E-state index in [0.29, 0.717) is 11.4 Å². The SMILES string of the molecule is Cc1ccc(S/C=C/C(=N/c2ccccc2)c2cc(F)ccc2F)cc1. The quantitative estimate of drug-likeness (QED) is 0.362. The lowest BCUT2D eigenvalue weighted by Crippen LogP contribution is -2.01. The van der Waals surface area contributed by atoms with E-state index in [0.717, 1.165) is 23.1 Å². The second-order valence-electron chi connectivity index (χ2n) is 5.69. The van der Waals surface area contributed by atoms with Gasteiger partial charge in [0.15, 0.2) is 0 Å². The van der Waals surface area contributed by atoms with Crippen LogP contribution in [0, 0.1) is 18.6 Å². The number of thioether (sulfide) groups is 1. The number of halogens is 2. The summed E-state index contributed by atoms with van der Waals surface area (Å²) in [6.07, 6.45) is 1.70. The maximum Gasteiger partial charge on any atom is 0.132 e. The van der Waals surface area contributed by atoms with Crippen LogP contribution in [0.15, 0.2) is 94.2 Å². The van der Waals surface area contributed by atoms with Gasteiger partial charge in [-0.2, -0.15) is 0 Å². The zero-order valence-corrected chi connectivity index (χ0v) is 15.0. The van der Waals surface area contributed by atoms with Crippen LogP contribution in [-0.4, -0.2) is 5.71 Å². The van der Waals surface area contributed by atoms with Crippen molar-refractivity contribution in [3.8, 4) is 0 Å². The first-order valence-corrected chi connectivity index (χ1v) is 8.99. The Morgan fingerprint density at radius 2 is 1.65 bits per heavy atom. The third-order valence-electron chi connectivity index (χ3n) is 3.66. The van der Waals surface area contributed by atoms with Crippen LogP contribution >= 0.6 is 11.8 Å². The zero-order valence-electron chi connectivity index (χ0n) is 14.2. The van der Waals surface area contributed by atoms with Crippen LogP contribution in [0.2, 0.25) is 0 Å². The first-order chi connectivity index (χ1) is 12.6. The third-order valence-corrected chi connectivity index (χ3v) is 4.48. The number of aryl methyl sites for hydroxylation is 1. The second-order valence-corrected chi connectivity index (χ2v) is 6.67. The van der Waals surface area contributed by atoms with E-state index in [2.05, 4.69) is 4.99 Å². The Balaban J connectivity index is 1.92. The highest BCUT2D eigenvalue weighted by atomic mass is 32.2. The number of benzene rings is 3. The number of hydrogen-bond donors (Lipinski definition) is 0. The molecule has 4 heteroatoms. The molecule has 0 atom stereocenters. The minimum atomic E-state index is -0.508. The lowest BCUT2D eigenvalue weighted by Gasteiger charge is -2.05. The molecule has 0 aromatic heterocycles. The molecule has 0 aliphatic heterocycles. The van der Waals surface area contributed by atoms with E-state index in [1.54, 1.807) is 6.08 Å². The van der Waals surface area contributed by atoms with E-state index >= 15 is 0 Å². The molecule has 0 bridgehead atoms. The van der Waals surface area contributed by atoms with Gasteiger partial charge in [-0.25, -0.2) is 13.8 Å². The summed E-state index contributed by atoms with van der Waals surface area (Å²) in [6.45, 7) is 2.03. The maximum atomic E-state index is 14.2. The highest BCUT2D eigenvalue weighted by molar-refractivity contribution is 8.02. The van der Waals surface area contributed by atoms with Crippen molar-refractivity contribution in [1.29, 1.82) is 0 Å². The third kappa shape index (κ3) is 4.90. The Labute approximate surface area is 156 Å². The summed E-state index contributed by atoms with van der Waals surface area (Å²) in [5.41, 5.74) is 2.37. The lowest BCUT2D eigenvalue weighted by molar-refractivity contribution is 0.598. The predicted molar refractivity (Wildman–Crippen MR) is 105 cm³/mol. The highest BCUT2D eigenvalue weighted by Gasteiger charge is 2.09. The van der Waals surface area contributed by atoms with Crippen molar-refractivity contribution in [2.24, 2.45) is 4.99 Å². The van der Waals surface area contributed by atoms with Crippen LogP contribution in [0.1, 0.15) is 11.1 Å². The monoisotopic (exact) mass is 365 g/mol. The number of aliphatic imine (C=N–C) groups is 1. The first-order valence-electron chi connectivity index (χ1n) is 8.11. The Morgan fingerprint density at radius 1 is 0.923 bits per heavy atom. The fraction of sp³-hybridized carbons (Fsp3) is 0.0455. The van der Waals surface area contributed by atoms with E-state index in [1.807, 2.05) is 66.9 Å². The fourth-order valence-electron chi connectivity index (χ4n) is 2.32. The summed E-state index contributed by atoms with van der Waals surface area (Å²) in [4.78, 5) is 5.55. The average Bonchev–Trinajstić information content (AvgIpc) is 2.65. The van der Waals surface area contributed by atoms with Gasteiger partial charge in [0.05, 0.1) is 11.4 Å². The zero-order chi connectivity index (χ0) is 18.4. The highest BCUT2D eigenvalue weighted by Crippen LogP contribution is 2.22. The molecule has 3 rings (SSSR count). The topological polar surface area (TPSA) is 12.4 Å². The molecule has 0 heterocycles. The van der Waals surface area contributed by atoms with Gasteiger partial charge in [0, 0.05) is 10.5 Å². The summed E-state index contributed by atoms with van der Waals surface area (Å²) < 4.78 is 27.8. The summed E-state index contributed by atoms with van der Waals surface area (Å²) in [7, 11) is 0. The summed E-state index contributed by atoms with van der Waals surface area (Å²) >= 11 is 1.50. The molecule has 0 spiro atoms. The largest absolute Gasteiger partial charge is 0.248 e. The molecule has 3 aromatic rings. The minimum absolute atomic E-state index is 0.134. The normalized spacial score (nSPS) is 11.9. The maximum absolute atomic E-state index is 14.2. The van der Waals surface area contributed by atoms with Gasteiger partial charge < -0.3 is 0 Å². The number of rotatable bonds is 5. The van der Waals surface area contributed by atoms with Gasteiger partial charge in [-0.05, 0) is 60.9 Å².